The molecule has 3 fully saturated rings. The summed E-state index contributed by atoms with van der Waals surface area (Å²) in [5.74, 6) is -0.200. The van der Waals surface area contributed by atoms with Crippen molar-refractivity contribution in [2.45, 2.75) is 298 Å². The fourth-order valence-electron chi connectivity index (χ4n) is 12.0. The monoisotopic (exact) mass is 1090 g/mol. The molecule has 0 radical (unpaired) electrons. The van der Waals surface area contributed by atoms with Crippen molar-refractivity contribution in [1.29, 1.82) is 0 Å². The summed E-state index contributed by atoms with van der Waals surface area (Å²) in [5, 5.41) is 11.6. The third-order valence-corrected chi connectivity index (χ3v) is 16.7. The topological polar surface area (TPSA) is 102 Å². The summed E-state index contributed by atoms with van der Waals surface area (Å²) in [5.41, 5.74) is 5.21. The van der Waals surface area contributed by atoms with Gasteiger partial charge in [0.2, 0.25) is 0 Å². The second-order valence-electron chi connectivity index (χ2n) is 25.4. The van der Waals surface area contributed by atoms with Gasteiger partial charge in [-0.2, -0.15) is 0 Å². The summed E-state index contributed by atoms with van der Waals surface area (Å²) >= 11 is 0. The minimum atomic E-state index is -1.13. The van der Waals surface area contributed by atoms with Crippen LogP contribution in [-0.2, 0) is 28.6 Å². The largest absolute Gasteiger partial charge is 0.462 e. The highest BCUT2D eigenvalue weighted by atomic mass is 16.6. The zero-order valence-electron chi connectivity index (χ0n) is 52.2. The Kier molecular flexibility index (Phi) is 31.6. The summed E-state index contributed by atoms with van der Waals surface area (Å²) in [6.07, 6.45) is 60.5. The molecule has 1 N–H and O–H groups in total. The summed E-state index contributed by atoms with van der Waals surface area (Å²) < 4.78 is 18.5. The first kappa shape index (κ1) is 69.0. The molecule has 0 bridgehead atoms. The molecule has 2 aliphatic carbocycles. The minimum absolute atomic E-state index is 0.0766. The predicted octanol–water partition coefficient (Wildman–Crippen LogP) is 19.7. The summed E-state index contributed by atoms with van der Waals surface area (Å²) in [6.45, 7) is 24.9. The molecule has 0 unspecified atom stereocenters. The van der Waals surface area contributed by atoms with Crippen molar-refractivity contribution >= 4 is 17.7 Å². The van der Waals surface area contributed by atoms with Gasteiger partial charge in [0, 0.05) is 43.1 Å². The van der Waals surface area contributed by atoms with E-state index in [1.165, 1.54) is 89.9 Å². The molecule has 3 aliphatic rings. The van der Waals surface area contributed by atoms with E-state index in [-0.39, 0.29) is 40.8 Å². The Morgan fingerprint density at radius 1 is 0.544 bits per heavy atom. The molecule has 0 aromatic heterocycles. The van der Waals surface area contributed by atoms with E-state index >= 15 is 0 Å². The molecule has 442 valence electrons. The minimum Gasteiger partial charge on any atom is -0.462 e. The molecule has 7 heteroatoms. The number of carbonyl (C=O) groups is 3. The molecule has 5 atom stereocenters. The van der Waals surface area contributed by atoms with E-state index in [2.05, 4.69) is 97.6 Å². The first-order valence-electron chi connectivity index (χ1n) is 31.4. The Morgan fingerprint density at radius 2 is 0.975 bits per heavy atom. The van der Waals surface area contributed by atoms with E-state index in [1.54, 1.807) is 0 Å². The average Bonchev–Trinajstić information content (AvgIpc) is 4.03. The average molecular weight is 1090 g/mol. The van der Waals surface area contributed by atoms with Crippen LogP contribution in [0.5, 0.6) is 0 Å². The summed E-state index contributed by atoms with van der Waals surface area (Å²) in [6, 6.07) is 0. The number of allylic oxidation sites excluding steroid dienone is 18. The van der Waals surface area contributed by atoms with Crippen LogP contribution >= 0.6 is 0 Å². The number of hydrogen-bond acceptors (Lipinski definition) is 7. The van der Waals surface area contributed by atoms with Gasteiger partial charge in [0.15, 0.2) is 5.78 Å². The van der Waals surface area contributed by atoms with E-state index in [1.807, 2.05) is 82.4 Å². The first-order chi connectivity index (χ1) is 37.6. The third kappa shape index (κ3) is 26.0. The molecule has 79 heavy (non-hydrogen) atoms. The maximum atomic E-state index is 13.6. The lowest BCUT2D eigenvalue weighted by Gasteiger charge is -2.44. The normalized spacial score (nSPS) is 24.5. The molecular weight excluding hydrogens is 977 g/mol. The second kappa shape index (κ2) is 36.2. The Labute approximate surface area is 483 Å². The van der Waals surface area contributed by atoms with Gasteiger partial charge < -0.3 is 19.3 Å². The van der Waals surface area contributed by atoms with Gasteiger partial charge in [0.1, 0.15) is 17.8 Å². The number of ketones is 1. The molecular formula is C72H112O7. The van der Waals surface area contributed by atoms with Crippen molar-refractivity contribution in [2.24, 2.45) is 10.8 Å². The molecule has 1 aliphatic heterocycles. The van der Waals surface area contributed by atoms with Crippen molar-refractivity contribution in [1.82, 2.24) is 0 Å². The van der Waals surface area contributed by atoms with Crippen LogP contribution in [0, 0.1) is 10.8 Å². The van der Waals surface area contributed by atoms with Crippen LogP contribution in [0.15, 0.2) is 125 Å². The number of carbonyl (C=O) groups excluding carboxylic acids is 3. The van der Waals surface area contributed by atoms with Crippen LogP contribution in [0.3, 0.4) is 0 Å². The lowest BCUT2D eigenvalue weighted by atomic mass is 9.61. The van der Waals surface area contributed by atoms with Crippen molar-refractivity contribution in [3.63, 3.8) is 0 Å². The SMILES string of the molecule is CCCCCC/C=C\CCCCCCCC(=O)O[C@H]1CC(C)(C)[C@]2(CC(=O)/C(C)=C/C=C/C(C)=C/C=C/C=C(C)/C=C/C=C(\C)C=C=C3C(C)(C)C[C@H](OC(=O)CCCCCCC/C=C\CCCCCC)C[C@@]3(C)O)O[C@]2(C)C1. The highest BCUT2D eigenvalue weighted by Gasteiger charge is 2.76. The Hall–Kier alpha value is -4.29. The van der Waals surface area contributed by atoms with Gasteiger partial charge in [-0.15, -0.1) is 5.73 Å². The van der Waals surface area contributed by atoms with Gasteiger partial charge in [-0.3, -0.25) is 14.4 Å². The van der Waals surface area contributed by atoms with Crippen LogP contribution in [0.1, 0.15) is 269 Å². The van der Waals surface area contributed by atoms with Crippen LogP contribution in [0.4, 0.5) is 0 Å². The van der Waals surface area contributed by atoms with E-state index in [9.17, 15) is 19.5 Å². The number of unbranched alkanes of at least 4 members (excludes halogenated alkanes) is 18. The Balaban J connectivity index is 1.38. The molecule has 2 saturated carbocycles. The molecule has 3 rings (SSSR count). The van der Waals surface area contributed by atoms with Crippen LogP contribution in [-0.4, -0.2) is 51.8 Å². The third-order valence-electron chi connectivity index (χ3n) is 16.7. The maximum absolute atomic E-state index is 13.6. The predicted molar refractivity (Wildman–Crippen MR) is 333 cm³/mol. The number of aliphatic hydroxyl groups is 1. The molecule has 1 heterocycles. The van der Waals surface area contributed by atoms with Crippen molar-refractivity contribution in [2.75, 3.05) is 0 Å². The number of esters is 2. The number of epoxide rings is 1. The number of hydrogen-bond donors (Lipinski definition) is 1. The molecule has 1 saturated heterocycles. The van der Waals surface area contributed by atoms with Gasteiger partial charge in [0.25, 0.3) is 0 Å². The fourth-order valence-corrected chi connectivity index (χ4v) is 12.0. The fraction of sp³-hybridized carbons (Fsp3) is 0.667. The lowest BCUT2D eigenvalue weighted by molar-refractivity contribution is -0.156. The second-order valence-corrected chi connectivity index (χ2v) is 25.4. The van der Waals surface area contributed by atoms with Gasteiger partial charge in [-0.25, -0.2) is 0 Å². The van der Waals surface area contributed by atoms with Crippen molar-refractivity contribution in [3.05, 3.63) is 125 Å². The number of Topliss-reactive ketones (excluding diaryl/α,β-unsaturated/α-hetero) is 1. The molecule has 0 spiro atoms. The standard InChI is InChI=1S/C72H112O7/c1-13-15-17-19-21-23-25-27-29-31-33-35-37-49-66(74)77-62-53-68(7,8)65(70(11,76)55-62)52-51-60(5)46-41-45-58(3)43-39-40-44-59(4)47-42-48-61(6)64(73)57-72-69(9,10)54-63(56-71(72,12)79-72)78-67(75)50-38-36-34-32-30-28-26-24-22-20-18-16-14-2/h23-26,39-48,51,62-63,76H,13-22,27-38,49-50,53-57H2,1-12H3/b25-23-,26-24-,40-39+,45-41+,47-42+,58-43+,59-44+,60-46+,61-48+/t52?,62-,63-,70+,71+,72-/m0/s1. The van der Waals surface area contributed by atoms with Gasteiger partial charge in [-0.1, -0.05) is 215 Å². The highest BCUT2D eigenvalue weighted by molar-refractivity contribution is 5.96. The lowest BCUT2D eigenvalue weighted by Crippen LogP contribution is -2.49. The van der Waals surface area contributed by atoms with Gasteiger partial charge >= 0.3 is 11.9 Å². The summed E-state index contributed by atoms with van der Waals surface area (Å²) in [7, 11) is 0. The van der Waals surface area contributed by atoms with Gasteiger partial charge in [-0.05, 0) is 141 Å². The van der Waals surface area contributed by atoms with Crippen LogP contribution in [0.25, 0.3) is 0 Å². The maximum Gasteiger partial charge on any atom is 0.306 e. The van der Waals surface area contributed by atoms with E-state index in [0.29, 0.717) is 50.5 Å². The smallest absolute Gasteiger partial charge is 0.306 e. The number of fused-ring (bicyclic) bond motifs is 1. The van der Waals surface area contributed by atoms with Crippen molar-refractivity contribution in [3.8, 4) is 0 Å². The molecule has 7 nitrogen and oxygen atoms in total. The Bertz CT molecular complexity index is 2210. The van der Waals surface area contributed by atoms with Crippen molar-refractivity contribution < 1.29 is 33.7 Å². The Morgan fingerprint density at radius 3 is 1.44 bits per heavy atom. The van der Waals surface area contributed by atoms with E-state index in [4.69, 9.17) is 14.2 Å². The molecule has 0 amide bonds. The van der Waals surface area contributed by atoms with Crippen LogP contribution in [0.2, 0.25) is 0 Å². The zero-order valence-corrected chi connectivity index (χ0v) is 52.2. The summed E-state index contributed by atoms with van der Waals surface area (Å²) in [4.78, 5) is 39.3. The van der Waals surface area contributed by atoms with Gasteiger partial charge in [0.05, 0.1) is 11.2 Å². The highest BCUT2D eigenvalue weighted by Crippen LogP contribution is 2.67. The van der Waals surface area contributed by atoms with E-state index in [0.717, 1.165) is 73.7 Å². The first-order valence-corrected chi connectivity index (χ1v) is 31.4. The quantitative estimate of drug-likeness (QED) is 0.0125. The molecule has 0 aromatic carbocycles. The number of rotatable bonds is 38. The molecule has 0 aromatic rings. The zero-order chi connectivity index (χ0) is 58.2. The van der Waals surface area contributed by atoms with Crippen LogP contribution < -0.4 is 0 Å². The number of ether oxygens (including phenoxy) is 3. The van der Waals surface area contributed by atoms with E-state index < -0.39 is 16.8 Å².